The second-order valence-corrected chi connectivity index (χ2v) is 7.29. The van der Waals surface area contributed by atoms with E-state index in [2.05, 4.69) is 19.9 Å². The zero-order chi connectivity index (χ0) is 12.1. The molecule has 17 heavy (non-hydrogen) atoms. The Balaban J connectivity index is 1.52. The summed E-state index contributed by atoms with van der Waals surface area (Å²) in [5, 5.41) is 0.811. The van der Waals surface area contributed by atoms with E-state index in [1.165, 1.54) is 25.7 Å². The molecule has 2 saturated carbocycles. The zero-order valence-corrected chi connectivity index (χ0v) is 11.5. The van der Waals surface area contributed by atoms with Gasteiger partial charge < -0.3 is 4.74 Å². The molecule has 0 heterocycles. The molecule has 0 saturated heterocycles. The number of ether oxygens (including phenoxy) is 1. The molecule has 0 aromatic heterocycles. The molecule has 0 aromatic rings. The van der Waals surface area contributed by atoms with Gasteiger partial charge in [0.15, 0.2) is 0 Å². The molecule has 0 bridgehead atoms. The molecule has 1 nitrogen and oxygen atoms in total. The molecule has 0 N–H and O–H groups in total. The second kappa shape index (κ2) is 3.78. The molecule has 2 fully saturated rings. The summed E-state index contributed by atoms with van der Waals surface area (Å²) in [6.07, 6.45) is 11.8. The summed E-state index contributed by atoms with van der Waals surface area (Å²) in [6.45, 7) is 4.75. The second-order valence-electron chi connectivity index (χ2n) is 6.88. The molecule has 3 aliphatic carbocycles. The third-order valence-electron chi connectivity index (χ3n) is 4.41. The molecule has 0 radical (unpaired) electrons. The maximum atomic E-state index is 6.14. The van der Waals surface area contributed by atoms with Crippen molar-refractivity contribution in [3.8, 4) is 0 Å². The van der Waals surface area contributed by atoms with Crippen molar-refractivity contribution in [1.29, 1.82) is 0 Å². The quantitative estimate of drug-likeness (QED) is 0.688. The van der Waals surface area contributed by atoms with Gasteiger partial charge in [-0.3, -0.25) is 0 Å². The van der Waals surface area contributed by atoms with Crippen LogP contribution in [0.3, 0.4) is 0 Å². The van der Waals surface area contributed by atoms with Crippen LogP contribution in [0.5, 0.6) is 0 Å². The number of hydrogen-bond donors (Lipinski definition) is 0. The van der Waals surface area contributed by atoms with Gasteiger partial charge in [-0.1, -0.05) is 31.5 Å². The van der Waals surface area contributed by atoms with Crippen molar-refractivity contribution in [2.75, 3.05) is 0 Å². The number of allylic oxidation sites excluding steroid dienone is 4. The lowest BCUT2D eigenvalue weighted by Crippen LogP contribution is -2.54. The average molecular weight is 253 g/mol. The van der Waals surface area contributed by atoms with Gasteiger partial charge in [0.2, 0.25) is 0 Å². The van der Waals surface area contributed by atoms with Crippen LogP contribution < -0.4 is 0 Å². The minimum absolute atomic E-state index is 0.432. The Bertz CT molecular complexity index is 376. The van der Waals surface area contributed by atoms with Crippen LogP contribution in [-0.2, 0) is 4.74 Å². The Morgan fingerprint density at radius 1 is 1.29 bits per heavy atom. The monoisotopic (exact) mass is 252 g/mol. The van der Waals surface area contributed by atoms with Crippen molar-refractivity contribution in [2.45, 2.75) is 58.5 Å². The summed E-state index contributed by atoms with van der Waals surface area (Å²) in [4.78, 5) is 0. The van der Waals surface area contributed by atoms with Gasteiger partial charge in [-0.25, -0.2) is 0 Å². The van der Waals surface area contributed by atoms with E-state index < -0.39 is 0 Å². The molecule has 0 aromatic carbocycles. The predicted molar refractivity (Wildman–Crippen MR) is 70.8 cm³/mol. The summed E-state index contributed by atoms with van der Waals surface area (Å²) in [6, 6.07) is 0. The summed E-state index contributed by atoms with van der Waals surface area (Å²) < 4.78 is 6.04. The minimum Gasteiger partial charge on any atom is -0.493 e. The highest BCUT2D eigenvalue weighted by Gasteiger charge is 2.57. The minimum atomic E-state index is 0.432. The van der Waals surface area contributed by atoms with Gasteiger partial charge in [0.1, 0.15) is 5.76 Å². The molecule has 0 aliphatic heterocycles. The predicted octanol–water partition coefficient (Wildman–Crippen LogP) is 4.77. The standard InChI is InChI=1S/C15H21ClO/c1-14(2)9-15(10-14)7-11(8-15)17-13-6-4-3-5-12(13)16/h3,5,11H,4,6-10H2,1-2H3. The SMILES string of the molecule is CC1(C)CC2(CC(OC3=C(Cl)C=CCC3)C2)C1. The van der Waals surface area contributed by atoms with E-state index in [0.717, 1.165) is 23.6 Å². The van der Waals surface area contributed by atoms with Crippen molar-refractivity contribution >= 4 is 11.6 Å². The molecule has 3 aliphatic rings. The lowest BCUT2D eigenvalue weighted by Gasteiger charge is -2.61. The van der Waals surface area contributed by atoms with Crippen LogP contribution in [-0.4, -0.2) is 6.10 Å². The molecule has 3 rings (SSSR count). The largest absolute Gasteiger partial charge is 0.493 e. The van der Waals surface area contributed by atoms with E-state index in [4.69, 9.17) is 16.3 Å². The first-order chi connectivity index (χ1) is 7.98. The van der Waals surface area contributed by atoms with Crippen LogP contribution in [0.15, 0.2) is 22.9 Å². The molecule has 0 unspecified atom stereocenters. The Labute approximate surface area is 109 Å². The normalized spacial score (nSPS) is 30.1. The zero-order valence-electron chi connectivity index (χ0n) is 10.8. The third kappa shape index (κ3) is 2.14. The van der Waals surface area contributed by atoms with Gasteiger partial charge in [0.25, 0.3) is 0 Å². The van der Waals surface area contributed by atoms with Crippen LogP contribution in [0.2, 0.25) is 0 Å². The van der Waals surface area contributed by atoms with E-state index >= 15 is 0 Å². The summed E-state index contributed by atoms with van der Waals surface area (Å²) in [5.74, 6) is 1.02. The van der Waals surface area contributed by atoms with Gasteiger partial charge in [0, 0.05) is 6.42 Å². The van der Waals surface area contributed by atoms with Gasteiger partial charge in [-0.2, -0.15) is 0 Å². The molecular weight excluding hydrogens is 232 g/mol. The highest BCUT2D eigenvalue weighted by molar-refractivity contribution is 6.31. The Morgan fingerprint density at radius 2 is 2.00 bits per heavy atom. The molecular formula is C15H21ClO. The fourth-order valence-electron chi connectivity index (χ4n) is 4.19. The van der Waals surface area contributed by atoms with Gasteiger partial charge in [-0.05, 0) is 49.0 Å². The van der Waals surface area contributed by atoms with E-state index in [-0.39, 0.29) is 0 Å². The van der Waals surface area contributed by atoms with Crippen molar-refractivity contribution in [2.24, 2.45) is 10.8 Å². The molecule has 0 atom stereocenters. The Hall–Kier alpha value is -0.430. The van der Waals surface area contributed by atoms with E-state index in [0.29, 0.717) is 16.9 Å². The molecule has 0 amide bonds. The van der Waals surface area contributed by atoms with Crippen LogP contribution in [0.1, 0.15) is 52.4 Å². The van der Waals surface area contributed by atoms with Crippen molar-refractivity contribution < 1.29 is 4.74 Å². The lowest BCUT2D eigenvalue weighted by molar-refractivity contribution is -0.150. The first-order valence-electron chi connectivity index (χ1n) is 6.70. The summed E-state index contributed by atoms with van der Waals surface area (Å²) in [7, 11) is 0. The number of halogens is 1. The maximum absolute atomic E-state index is 6.14. The first kappa shape index (κ1) is 11.6. The maximum Gasteiger partial charge on any atom is 0.115 e. The van der Waals surface area contributed by atoms with Crippen molar-refractivity contribution in [3.63, 3.8) is 0 Å². The Morgan fingerprint density at radius 3 is 2.59 bits per heavy atom. The summed E-state index contributed by atoms with van der Waals surface area (Å²) >= 11 is 6.14. The fourth-order valence-corrected chi connectivity index (χ4v) is 4.41. The van der Waals surface area contributed by atoms with Crippen LogP contribution in [0, 0.1) is 10.8 Å². The van der Waals surface area contributed by atoms with E-state index in [1.807, 2.05) is 6.08 Å². The number of rotatable bonds is 2. The average Bonchev–Trinajstić information content (AvgIpc) is 2.15. The van der Waals surface area contributed by atoms with Gasteiger partial charge >= 0.3 is 0 Å². The smallest absolute Gasteiger partial charge is 0.115 e. The molecule has 94 valence electrons. The van der Waals surface area contributed by atoms with Crippen molar-refractivity contribution in [1.82, 2.24) is 0 Å². The topological polar surface area (TPSA) is 9.23 Å². The summed E-state index contributed by atoms with van der Waals surface area (Å²) in [5.41, 5.74) is 1.21. The third-order valence-corrected chi connectivity index (χ3v) is 4.74. The van der Waals surface area contributed by atoms with Crippen LogP contribution >= 0.6 is 11.6 Å². The molecule has 2 heteroatoms. The lowest BCUT2D eigenvalue weighted by atomic mass is 9.45. The van der Waals surface area contributed by atoms with E-state index in [1.54, 1.807) is 0 Å². The molecule has 1 spiro atoms. The van der Waals surface area contributed by atoms with Crippen molar-refractivity contribution in [3.05, 3.63) is 22.9 Å². The Kier molecular flexibility index (Phi) is 2.59. The van der Waals surface area contributed by atoms with Gasteiger partial charge in [0.05, 0.1) is 11.1 Å². The highest BCUT2D eigenvalue weighted by atomic mass is 35.5. The van der Waals surface area contributed by atoms with Crippen LogP contribution in [0.25, 0.3) is 0 Å². The fraction of sp³-hybridized carbons (Fsp3) is 0.733. The van der Waals surface area contributed by atoms with E-state index in [9.17, 15) is 0 Å². The number of hydrogen-bond acceptors (Lipinski definition) is 1. The highest BCUT2D eigenvalue weighted by Crippen LogP contribution is 2.64. The van der Waals surface area contributed by atoms with Crippen LogP contribution in [0.4, 0.5) is 0 Å². The first-order valence-corrected chi connectivity index (χ1v) is 7.08. The van der Waals surface area contributed by atoms with Gasteiger partial charge in [-0.15, -0.1) is 0 Å².